The number of hydrogen-bond donors (Lipinski definition) is 2. The summed E-state index contributed by atoms with van der Waals surface area (Å²) in [5, 5.41) is 11.7. The molecule has 1 saturated carbocycles. The number of carbonyl (C=O) groups is 2. The van der Waals surface area contributed by atoms with Gasteiger partial charge in [-0.1, -0.05) is 18.2 Å². The van der Waals surface area contributed by atoms with Crippen LogP contribution < -0.4 is 5.32 Å². The zero-order chi connectivity index (χ0) is 15.7. The number of rotatable bonds is 4. The Morgan fingerprint density at radius 2 is 1.86 bits per heavy atom. The smallest absolute Gasteiger partial charge is 0.335 e. The summed E-state index contributed by atoms with van der Waals surface area (Å²) in [6.45, 7) is 0. The van der Waals surface area contributed by atoms with Gasteiger partial charge in [0.25, 0.3) is 5.91 Å². The maximum absolute atomic E-state index is 14.1. The largest absolute Gasteiger partial charge is 0.478 e. The van der Waals surface area contributed by atoms with Crippen molar-refractivity contribution in [3.8, 4) is 11.1 Å². The van der Waals surface area contributed by atoms with E-state index < -0.39 is 11.8 Å². The Balaban J connectivity index is 1.91. The number of carboxylic acid groups (broad SMARTS) is 1. The SMILES string of the molecule is O=C(O)c1ccc(-c2cccc(C(=O)NC3CC3)c2)c(F)c1. The Morgan fingerprint density at radius 3 is 2.50 bits per heavy atom. The zero-order valence-electron chi connectivity index (χ0n) is 11.7. The van der Waals surface area contributed by atoms with E-state index in [9.17, 15) is 14.0 Å². The number of halogens is 1. The predicted molar refractivity (Wildman–Crippen MR) is 79.3 cm³/mol. The van der Waals surface area contributed by atoms with Crippen LogP contribution in [0.5, 0.6) is 0 Å². The quantitative estimate of drug-likeness (QED) is 0.911. The van der Waals surface area contributed by atoms with Crippen LogP contribution in [0.4, 0.5) is 4.39 Å². The van der Waals surface area contributed by atoms with Crippen molar-refractivity contribution in [1.29, 1.82) is 0 Å². The first kappa shape index (κ1) is 14.3. The molecule has 0 spiro atoms. The molecule has 0 aromatic heterocycles. The van der Waals surface area contributed by atoms with Crippen molar-refractivity contribution < 1.29 is 19.1 Å². The van der Waals surface area contributed by atoms with E-state index in [4.69, 9.17) is 5.11 Å². The molecule has 1 fully saturated rings. The Bertz CT molecular complexity index is 753. The molecule has 0 radical (unpaired) electrons. The van der Waals surface area contributed by atoms with Crippen LogP contribution in [0, 0.1) is 5.82 Å². The van der Waals surface area contributed by atoms with Gasteiger partial charge in [0.1, 0.15) is 5.82 Å². The van der Waals surface area contributed by atoms with Crippen molar-refractivity contribution in [1.82, 2.24) is 5.32 Å². The summed E-state index contributed by atoms with van der Waals surface area (Å²) in [7, 11) is 0. The van der Waals surface area contributed by atoms with Crippen molar-refractivity contribution >= 4 is 11.9 Å². The molecule has 3 rings (SSSR count). The van der Waals surface area contributed by atoms with Crippen LogP contribution >= 0.6 is 0 Å². The van der Waals surface area contributed by atoms with Crippen molar-refractivity contribution in [2.75, 3.05) is 0 Å². The van der Waals surface area contributed by atoms with Gasteiger partial charge < -0.3 is 10.4 Å². The Morgan fingerprint density at radius 1 is 1.09 bits per heavy atom. The number of amides is 1. The number of benzene rings is 2. The van der Waals surface area contributed by atoms with Gasteiger partial charge in [0.15, 0.2) is 0 Å². The first-order valence-corrected chi connectivity index (χ1v) is 6.99. The third-order valence-electron chi connectivity index (χ3n) is 3.56. The summed E-state index contributed by atoms with van der Waals surface area (Å²) in [6, 6.07) is 10.6. The van der Waals surface area contributed by atoms with Gasteiger partial charge in [0.05, 0.1) is 5.56 Å². The second-order valence-corrected chi connectivity index (χ2v) is 5.33. The van der Waals surface area contributed by atoms with E-state index in [1.807, 2.05) is 0 Å². The molecular weight excluding hydrogens is 285 g/mol. The fourth-order valence-corrected chi connectivity index (χ4v) is 2.21. The number of carboxylic acids is 1. The molecule has 5 heteroatoms. The fourth-order valence-electron chi connectivity index (χ4n) is 2.21. The van der Waals surface area contributed by atoms with E-state index in [0.29, 0.717) is 11.1 Å². The van der Waals surface area contributed by atoms with Crippen molar-refractivity contribution in [2.45, 2.75) is 18.9 Å². The van der Waals surface area contributed by atoms with E-state index in [1.165, 1.54) is 12.1 Å². The topological polar surface area (TPSA) is 66.4 Å². The minimum Gasteiger partial charge on any atom is -0.478 e. The van der Waals surface area contributed by atoms with Gasteiger partial charge in [-0.3, -0.25) is 4.79 Å². The van der Waals surface area contributed by atoms with E-state index in [1.54, 1.807) is 24.3 Å². The number of nitrogens with one attached hydrogen (secondary N) is 1. The minimum absolute atomic E-state index is 0.108. The van der Waals surface area contributed by atoms with Gasteiger partial charge in [0, 0.05) is 17.2 Å². The molecule has 2 aromatic rings. The van der Waals surface area contributed by atoms with E-state index >= 15 is 0 Å². The van der Waals surface area contributed by atoms with Crippen LogP contribution in [0.25, 0.3) is 11.1 Å². The molecule has 0 bridgehead atoms. The molecule has 112 valence electrons. The zero-order valence-corrected chi connectivity index (χ0v) is 11.7. The summed E-state index contributed by atoms with van der Waals surface area (Å²) in [5.74, 6) is -1.98. The van der Waals surface area contributed by atoms with E-state index in [-0.39, 0.29) is 23.1 Å². The highest BCUT2D eigenvalue weighted by atomic mass is 19.1. The van der Waals surface area contributed by atoms with Crippen molar-refractivity contribution in [3.63, 3.8) is 0 Å². The lowest BCUT2D eigenvalue weighted by atomic mass is 10.0. The molecule has 0 unspecified atom stereocenters. The van der Waals surface area contributed by atoms with Crippen molar-refractivity contribution in [2.24, 2.45) is 0 Å². The molecule has 0 aliphatic heterocycles. The maximum atomic E-state index is 14.1. The first-order chi connectivity index (χ1) is 10.5. The lowest BCUT2D eigenvalue weighted by Gasteiger charge is -2.08. The third-order valence-corrected chi connectivity index (χ3v) is 3.56. The average molecular weight is 299 g/mol. The lowest BCUT2D eigenvalue weighted by Crippen LogP contribution is -2.25. The summed E-state index contributed by atoms with van der Waals surface area (Å²) in [5.41, 5.74) is 1.17. The summed E-state index contributed by atoms with van der Waals surface area (Å²) >= 11 is 0. The second-order valence-electron chi connectivity index (χ2n) is 5.33. The van der Waals surface area contributed by atoms with Crippen LogP contribution in [0.3, 0.4) is 0 Å². The van der Waals surface area contributed by atoms with Gasteiger partial charge in [-0.2, -0.15) is 0 Å². The van der Waals surface area contributed by atoms with E-state index in [2.05, 4.69) is 5.32 Å². The molecule has 1 amide bonds. The summed E-state index contributed by atoms with van der Waals surface area (Å²) in [4.78, 5) is 22.9. The minimum atomic E-state index is -1.18. The molecule has 1 aliphatic rings. The Labute approximate surface area is 126 Å². The van der Waals surface area contributed by atoms with Crippen molar-refractivity contribution in [3.05, 3.63) is 59.4 Å². The van der Waals surface area contributed by atoms with Gasteiger partial charge in [-0.25, -0.2) is 9.18 Å². The monoisotopic (exact) mass is 299 g/mol. The highest BCUT2D eigenvalue weighted by Gasteiger charge is 2.23. The predicted octanol–water partition coefficient (Wildman–Crippen LogP) is 3.08. The number of carbonyl (C=O) groups excluding carboxylic acids is 1. The normalized spacial score (nSPS) is 13.7. The number of hydrogen-bond acceptors (Lipinski definition) is 2. The summed E-state index contributed by atoms with van der Waals surface area (Å²) < 4.78 is 14.1. The van der Waals surface area contributed by atoms with Crippen LogP contribution in [-0.4, -0.2) is 23.0 Å². The maximum Gasteiger partial charge on any atom is 0.335 e. The molecule has 4 nitrogen and oxygen atoms in total. The van der Waals surface area contributed by atoms with Gasteiger partial charge in [-0.05, 0) is 42.7 Å². The van der Waals surface area contributed by atoms with Crippen LogP contribution in [0.15, 0.2) is 42.5 Å². The van der Waals surface area contributed by atoms with Crippen LogP contribution in [-0.2, 0) is 0 Å². The standard InChI is InChI=1S/C17H14FNO3/c18-15-9-12(17(21)22)4-7-14(15)10-2-1-3-11(8-10)16(20)19-13-5-6-13/h1-4,7-9,13H,5-6H2,(H,19,20)(H,21,22). The molecule has 22 heavy (non-hydrogen) atoms. The van der Waals surface area contributed by atoms with Gasteiger partial charge in [0.2, 0.25) is 0 Å². The van der Waals surface area contributed by atoms with Gasteiger partial charge in [-0.15, -0.1) is 0 Å². The highest BCUT2D eigenvalue weighted by molar-refractivity contribution is 5.96. The Hall–Kier alpha value is -2.69. The second kappa shape index (κ2) is 5.60. The van der Waals surface area contributed by atoms with Crippen LogP contribution in [0.2, 0.25) is 0 Å². The van der Waals surface area contributed by atoms with Crippen LogP contribution in [0.1, 0.15) is 33.6 Å². The fraction of sp³-hybridized carbons (Fsp3) is 0.176. The first-order valence-electron chi connectivity index (χ1n) is 6.99. The number of aromatic carboxylic acids is 1. The summed E-state index contributed by atoms with van der Waals surface area (Å²) in [6.07, 6.45) is 1.99. The third kappa shape index (κ3) is 2.98. The molecule has 2 N–H and O–H groups in total. The van der Waals surface area contributed by atoms with E-state index in [0.717, 1.165) is 18.9 Å². The lowest BCUT2D eigenvalue weighted by molar-refractivity contribution is 0.0696. The molecular formula is C17H14FNO3. The molecule has 0 saturated heterocycles. The molecule has 2 aromatic carbocycles. The highest BCUT2D eigenvalue weighted by Crippen LogP contribution is 2.25. The molecule has 0 heterocycles. The average Bonchev–Trinajstić information content (AvgIpc) is 3.31. The molecule has 0 atom stereocenters. The molecule has 1 aliphatic carbocycles. The van der Waals surface area contributed by atoms with Gasteiger partial charge >= 0.3 is 5.97 Å². The Kier molecular flexibility index (Phi) is 3.63.